The number of carbonyl (C=O) groups excluding carboxylic acids is 1. The van der Waals surface area contributed by atoms with Gasteiger partial charge in [-0.3, -0.25) is 9.59 Å². The van der Waals surface area contributed by atoms with Gasteiger partial charge in [0.2, 0.25) is 0 Å². The Hall–Kier alpha value is -2.55. The first kappa shape index (κ1) is 16.9. The lowest BCUT2D eigenvalue weighted by Gasteiger charge is -2.02. The number of rotatable bonds is 3. The van der Waals surface area contributed by atoms with Gasteiger partial charge in [-0.15, -0.1) is 11.3 Å². The number of hydrogen-bond donors (Lipinski definition) is 2. The van der Waals surface area contributed by atoms with Crippen molar-refractivity contribution in [2.45, 2.75) is 0 Å². The molecular formula is C18H11N3O2S3. The second-order valence-electron chi connectivity index (χ2n) is 5.48. The number of thiocarbonyl (C=S) groups is 1. The molecule has 0 saturated carbocycles. The molecule has 1 fully saturated rings. The Morgan fingerprint density at radius 1 is 1.19 bits per heavy atom. The second-order valence-corrected chi connectivity index (χ2v) is 8.14. The van der Waals surface area contributed by atoms with E-state index in [0.29, 0.717) is 26.0 Å². The molecule has 0 radical (unpaired) electrons. The molecule has 1 aromatic carbocycles. The third-order valence-corrected chi connectivity index (χ3v) is 5.83. The van der Waals surface area contributed by atoms with Crippen LogP contribution in [0.15, 0.2) is 45.9 Å². The third kappa shape index (κ3) is 3.14. The SMILES string of the molecule is C=Cc1nc2ccc(-c3csc(/C=C4\SC(=S)NC4=O)c3)cc2c(=O)[nH]1. The summed E-state index contributed by atoms with van der Waals surface area (Å²) in [5, 5.41) is 5.11. The van der Waals surface area contributed by atoms with Gasteiger partial charge in [-0.25, -0.2) is 4.98 Å². The maximum absolute atomic E-state index is 12.2. The molecule has 2 N–H and O–H groups in total. The fraction of sp³-hybridized carbons (Fsp3) is 0. The number of carbonyl (C=O) groups is 1. The Morgan fingerprint density at radius 3 is 2.77 bits per heavy atom. The minimum Gasteiger partial charge on any atom is -0.307 e. The van der Waals surface area contributed by atoms with Crippen molar-refractivity contribution in [3.8, 4) is 11.1 Å². The van der Waals surface area contributed by atoms with Crippen LogP contribution in [0.25, 0.3) is 34.2 Å². The van der Waals surface area contributed by atoms with E-state index >= 15 is 0 Å². The highest BCUT2D eigenvalue weighted by molar-refractivity contribution is 8.26. The number of H-pyrrole nitrogens is 1. The van der Waals surface area contributed by atoms with Gasteiger partial charge in [0.25, 0.3) is 11.5 Å². The molecule has 5 nitrogen and oxygen atoms in total. The van der Waals surface area contributed by atoms with Crippen molar-refractivity contribution in [2.24, 2.45) is 0 Å². The van der Waals surface area contributed by atoms with Gasteiger partial charge >= 0.3 is 0 Å². The predicted octanol–water partition coefficient (Wildman–Crippen LogP) is 3.78. The summed E-state index contributed by atoms with van der Waals surface area (Å²) in [5.74, 6) is 0.279. The van der Waals surface area contributed by atoms with Gasteiger partial charge in [-0.05, 0) is 46.9 Å². The van der Waals surface area contributed by atoms with Crippen molar-refractivity contribution in [1.82, 2.24) is 15.3 Å². The number of thiophene rings is 1. The number of aromatic amines is 1. The minimum atomic E-state index is -0.197. The maximum atomic E-state index is 12.2. The van der Waals surface area contributed by atoms with Gasteiger partial charge in [-0.1, -0.05) is 36.6 Å². The van der Waals surface area contributed by atoms with Gasteiger partial charge in [0.05, 0.1) is 15.8 Å². The fourth-order valence-corrected chi connectivity index (χ4v) is 4.52. The lowest BCUT2D eigenvalue weighted by atomic mass is 10.1. The van der Waals surface area contributed by atoms with E-state index in [1.54, 1.807) is 0 Å². The van der Waals surface area contributed by atoms with Crippen LogP contribution in [-0.4, -0.2) is 20.2 Å². The number of nitrogens with zero attached hydrogens (tertiary/aromatic N) is 1. The summed E-state index contributed by atoms with van der Waals surface area (Å²) < 4.78 is 0.471. The normalized spacial score (nSPS) is 15.6. The Balaban J connectivity index is 1.72. The number of thioether (sulfide) groups is 1. The third-order valence-electron chi connectivity index (χ3n) is 3.79. The van der Waals surface area contributed by atoms with E-state index in [1.807, 2.05) is 35.7 Å². The first-order chi connectivity index (χ1) is 12.5. The van der Waals surface area contributed by atoms with Crippen LogP contribution >= 0.6 is 35.3 Å². The second kappa shape index (κ2) is 6.64. The summed E-state index contributed by atoms with van der Waals surface area (Å²) in [5.41, 5.74) is 2.31. The van der Waals surface area contributed by atoms with Gasteiger partial charge in [0.1, 0.15) is 10.1 Å². The number of benzene rings is 1. The Kier molecular flexibility index (Phi) is 4.31. The summed E-state index contributed by atoms with van der Waals surface area (Å²) in [6.07, 6.45) is 3.33. The average Bonchev–Trinajstić information content (AvgIpc) is 3.21. The molecule has 3 heterocycles. The molecule has 1 amide bonds. The molecule has 3 aromatic rings. The lowest BCUT2D eigenvalue weighted by molar-refractivity contribution is -0.115. The zero-order chi connectivity index (χ0) is 18.3. The van der Waals surface area contributed by atoms with E-state index in [1.165, 1.54) is 29.2 Å². The Labute approximate surface area is 161 Å². The summed E-state index contributed by atoms with van der Waals surface area (Å²) >= 11 is 7.78. The van der Waals surface area contributed by atoms with Gasteiger partial charge in [0.15, 0.2) is 0 Å². The Bertz CT molecular complexity index is 1170. The molecule has 0 spiro atoms. The van der Waals surface area contributed by atoms with Crippen LogP contribution in [0.3, 0.4) is 0 Å². The van der Waals surface area contributed by atoms with Crippen molar-refractivity contribution in [3.63, 3.8) is 0 Å². The first-order valence-electron chi connectivity index (χ1n) is 7.54. The number of fused-ring (bicyclic) bond motifs is 1. The van der Waals surface area contributed by atoms with Crippen molar-refractivity contribution in [2.75, 3.05) is 0 Å². The van der Waals surface area contributed by atoms with Crippen LogP contribution in [0.1, 0.15) is 10.7 Å². The topological polar surface area (TPSA) is 74.8 Å². The van der Waals surface area contributed by atoms with E-state index in [4.69, 9.17) is 12.2 Å². The molecule has 8 heteroatoms. The number of nitrogens with one attached hydrogen (secondary N) is 2. The maximum Gasteiger partial charge on any atom is 0.263 e. The van der Waals surface area contributed by atoms with Gasteiger partial charge in [0, 0.05) is 4.88 Å². The van der Waals surface area contributed by atoms with Crippen LogP contribution in [0.4, 0.5) is 0 Å². The summed E-state index contributed by atoms with van der Waals surface area (Å²) in [7, 11) is 0. The quantitative estimate of drug-likeness (QED) is 0.520. The van der Waals surface area contributed by atoms with Gasteiger partial charge in [-0.2, -0.15) is 0 Å². The zero-order valence-electron chi connectivity index (χ0n) is 13.2. The highest BCUT2D eigenvalue weighted by atomic mass is 32.2. The van der Waals surface area contributed by atoms with Crippen LogP contribution in [0.2, 0.25) is 0 Å². The van der Waals surface area contributed by atoms with E-state index in [2.05, 4.69) is 21.9 Å². The number of amides is 1. The predicted molar refractivity (Wildman–Crippen MR) is 112 cm³/mol. The monoisotopic (exact) mass is 397 g/mol. The van der Waals surface area contributed by atoms with E-state index in [0.717, 1.165) is 16.0 Å². The van der Waals surface area contributed by atoms with Crippen LogP contribution in [-0.2, 0) is 4.79 Å². The van der Waals surface area contributed by atoms with Crippen molar-refractivity contribution >= 4 is 68.6 Å². The molecule has 2 aromatic heterocycles. The van der Waals surface area contributed by atoms with Crippen molar-refractivity contribution < 1.29 is 4.79 Å². The lowest BCUT2D eigenvalue weighted by Crippen LogP contribution is -2.17. The molecule has 1 aliphatic heterocycles. The summed E-state index contributed by atoms with van der Waals surface area (Å²) in [4.78, 5) is 32.6. The molecule has 0 aliphatic carbocycles. The van der Waals surface area contributed by atoms with E-state index in [9.17, 15) is 9.59 Å². The van der Waals surface area contributed by atoms with E-state index in [-0.39, 0.29) is 11.5 Å². The van der Waals surface area contributed by atoms with Crippen LogP contribution in [0, 0.1) is 0 Å². The smallest absolute Gasteiger partial charge is 0.263 e. The molecule has 1 aliphatic rings. The Morgan fingerprint density at radius 2 is 2.04 bits per heavy atom. The minimum absolute atomic E-state index is 0.170. The largest absolute Gasteiger partial charge is 0.307 e. The highest BCUT2D eigenvalue weighted by Crippen LogP contribution is 2.31. The molecule has 128 valence electrons. The zero-order valence-corrected chi connectivity index (χ0v) is 15.7. The fourth-order valence-electron chi connectivity index (χ4n) is 2.56. The molecule has 4 rings (SSSR count). The molecular weight excluding hydrogens is 386 g/mol. The van der Waals surface area contributed by atoms with E-state index < -0.39 is 0 Å². The number of aromatic nitrogens is 2. The average molecular weight is 398 g/mol. The molecule has 0 atom stereocenters. The van der Waals surface area contributed by atoms with Crippen LogP contribution < -0.4 is 10.9 Å². The molecule has 1 saturated heterocycles. The standard InChI is InChI=1S/C18H11N3O2S3/c1-2-15-19-13-4-3-9(6-12(13)16(22)20-15)10-5-11(25-8-10)7-14-17(23)21-18(24)26-14/h2-8H,1H2,(H,19,20,22)(H,21,23,24)/b14-7-. The summed E-state index contributed by atoms with van der Waals surface area (Å²) in [6, 6.07) is 7.54. The molecule has 0 unspecified atom stereocenters. The van der Waals surface area contributed by atoms with Crippen LogP contribution in [0.5, 0.6) is 0 Å². The van der Waals surface area contributed by atoms with Crippen molar-refractivity contribution in [3.05, 3.63) is 62.2 Å². The summed E-state index contributed by atoms with van der Waals surface area (Å²) in [6.45, 7) is 3.62. The molecule has 26 heavy (non-hydrogen) atoms. The number of hydrogen-bond acceptors (Lipinski definition) is 6. The van der Waals surface area contributed by atoms with Crippen molar-refractivity contribution in [1.29, 1.82) is 0 Å². The molecule has 0 bridgehead atoms. The highest BCUT2D eigenvalue weighted by Gasteiger charge is 2.22. The first-order valence-corrected chi connectivity index (χ1v) is 9.64. The van der Waals surface area contributed by atoms with Gasteiger partial charge < -0.3 is 10.3 Å².